The fourth-order valence-corrected chi connectivity index (χ4v) is 1.78. The Morgan fingerprint density at radius 1 is 1.46 bits per heavy atom. The van der Waals surface area contributed by atoms with Gasteiger partial charge in [-0.3, -0.25) is 4.79 Å². The van der Waals surface area contributed by atoms with Crippen LogP contribution in [-0.4, -0.2) is 12.9 Å². The molecule has 2 nitrogen and oxygen atoms in total. The van der Waals surface area contributed by atoms with Crippen molar-refractivity contribution in [3.05, 3.63) is 29.3 Å². The first-order valence-electron chi connectivity index (χ1n) is 4.43. The lowest BCUT2D eigenvalue weighted by Gasteiger charge is -2.01. The van der Waals surface area contributed by atoms with E-state index in [0.29, 0.717) is 0 Å². The summed E-state index contributed by atoms with van der Waals surface area (Å²) >= 11 is 0. The van der Waals surface area contributed by atoms with Crippen LogP contribution >= 0.6 is 0 Å². The van der Waals surface area contributed by atoms with Crippen molar-refractivity contribution in [1.29, 1.82) is 0 Å². The van der Waals surface area contributed by atoms with E-state index in [4.69, 9.17) is 4.74 Å². The molecule has 2 heteroatoms. The molecule has 0 saturated heterocycles. The number of carbonyl (C=O) groups excluding carboxylic acids is 1. The average molecular weight is 176 g/mol. The van der Waals surface area contributed by atoms with Crippen molar-refractivity contribution >= 4 is 5.78 Å². The quantitative estimate of drug-likeness (QED) is 0.654. The molecule has 0 aliphatic heterocycles. The summed E-state index contributed by atoms with van der Waals surface area (Å²) in [6.45, 7) is 1.97. The Hall–Kier alpha value is -1.31. The van der Waals surface area contributed by atoms with Crippen LogP contribution in [0, 0.1) is 5.92 Å². The van der Waals surface area contributed by atoms with Gasteiger partial charge in [-0.15, -0.1) is 0 Å². The molecule has 1 aromatic rings. The number of Topliss-reactive ketones (excluding diaryl/α,β-unsaturated/α-hetero) is 1. The number of benzene rings is 1. The summed E-state index contributed by atoms with van der Waals surface area (Å²) in [5, 5.41) is 0. The van der Waals surface area contributed by atoms with Gasteiger partial charge in [0.2, 0.25) is 0 Å². The van der Waals surface area contributed by atoms with Crippen LogP contribution in [0.5, 0.6) is 5.75 Å². The molecule has 1 aromatic carbocycles. The summed E-state index contributed by atoms with van der Waals surface area (Å²) in [4.78, 5) is 11.6. The van der Waals surface area contributed by atoms with E-state index in [1.165, 1.54) is 0 Å². The minimum atomic E-state index is 0.141. The van der Waals surface area contributed by atoms with Crippen molar-refractivity contribution in [2.24, 2.45) is 5.92 Å². The third-order valence-corrected chi connectivity index (χ3v) is 2.56. The Kier molecular flexibility index (Phi) is 1.83. The number of carbonyl (C=O) groups is 1. The minimum absolute atomic E-state index is 0.141. The van der Waals surface area contributed by atoms with Gasteiger partial charge in [0.25, 0.3) is 0 Å². The fraction of sp³-hybridized carbons (Fsp3) is 0.364. The topological polar surface area (TPSA) is 26.3 Å². The van der Waals surface area contributed by atoms with Crippen LogP contribution in [0.1, 0.15) is 22.8 Å². The van der Waals surface area contributed by atoms with Gasteiger partial charge in [0.15, 0.2) is 5.78 Å². The molecule has 2 rings (SSSR count). The van der Waals surface area contributed by atoms with Gasteiger partial charge in [-0.05, 0) is 24.1 Å². The third kappa shape index (κ3) is 1.22. The summed E-state index contributed by atoms with van der Waals surface area (Å²) in [5.41, 5.74) is 1.99. The number of ketones is 1. The monoisotopic (exact) mass is 176 g/mol. The molecule has 0 spiro atoms. The first-order chi connectivity index (χ1) is 6.22. The van der Waals surface area contributed by atoms with Crippen molar-refractivity contribution in [2.75, 3.05) is 7.11 Å². The molecule has 1 aliphatic rings. The van der Waals surface area contributed by atoms with E-state index in [9.17, 15) is 4.79 Å². The lowest BCUT2D eigenvalue weighted by molar-refractivity contribution is 0.0946. The normalized spacial score (nSPS) is 20.2. The number of fused-ring (bicyclic) bond motifs is 1. The SMILES string of the molecule is COc1ccc2c(c1)C(=O)[C@H](C)C2. The second kappa shape index (κ2) is 2.87. The van der Waals surface area contributed by atoms with Gasteiger partial charge in [-0.1, -0.05) is 13.0 Å². The van der Waals surface area contributed by atoms with E-state index in [1.807, 2.05) is 25.1 Å². The molecule has 1 atom stereocenters. The summed E-state index contributed by atoms with van der Waals surface area (Å²) < 4.78 is 5.07. The van der Waals surface area contributed by atoms with Crippen molar-refractivity contribution in [2.45, 2.75) is 13.3 Å². The number of hydrogen-bond acceptors (Lipinski definition) is 2. The van der Waals surface area contributed by atoms with E-state index in [1.54, 1.807) is 7.11 Å². The molecule has 0 N–H and O–H groups in total. The van der Waals surface area contributed by atoms with Crippen LogP contribution in [0.4, 0.5) is 0 Å². The summed E-state index contributed by atoms with van der Waals surface area (Å²) in [6.07, 6.45) is 0.873. The molecule has 0 amide bonds. The number of methoxy groups -OCH3 is 1. The van der Waals surface area contributed by atoms with Gasteiger partial charge in [0.05, 0.1) is 7.11 Å². The maximum absolute atomic E-state index is 11.6. The Bertz CT molecular complexity index is 355. The van der Waals surface area contributed by atoms with Crippen molar-refractivity contribution in [1.82, 2.24) is 0 Å². The lowest BCUT2D eigenvalue weighted by Crippen LogP contribution is -2.02. The largest absolute Gasteiger partial charge is 0.497 e. The van der Waals surface area contributed by atoms with Crippen LogP contribution < -0.4 is 4.74 Å². The van der Waals surface area contributed by atoms with Gasteiger partial charge in [-0.2, -0.15) is 0 Å². The summed E-state index contributed by atoms with van der Waals surface area (Å²) in [5.74, 6) is 1.15. The smallest absolute Gasteiger partial charge is 0.166 e. The molecule has 1 aliphatic carbocycles. The molecular weight excluding hydrogens is 164 g/mol. The van der Waals surface area contributed by atoms with E-state index >= 15 is 0 Å². The first-order valence-corrected chi connectivity index (χ1v) is 4.43. The molecule has 0 heterocycles. The van der Waals surface area contributed by atoms with Crippen LogP contribution in [0.2, 0.25) is 0 Å². The molecular formula is C11H12O2. The van der Waals surface area contributed by atoms with E-state index < -0.39 is 0 Å². The zero-order valence-electron chi connectivity index (χ0n) is 7.83. The average Bonchev–Trinajstić information content (AvgIpc) is 2.43. The lowest BCUT2D eigenvalue weighted by atomic mass is 10.1. The van der Waals surface area contributed by atoms with Crippen molar-refractivity contribution in [3.63, 3.8) is 0 Å². The van der Waals surface area contributed by atoms with Gasteiger partial charge < -0.3 is 4.74 Å². The first kappa shape index (κ1) is 8.30. The van der Waals surface area contributed by atoms with Gasteiger partial charge >= 0.3 is 0 Å². The number of hydrogen-bond donors (Lipinski definition) is 0. The predicted molar refractivity (Wildman–Crippen MR) is 50.2 cm³/mol. The highest BCUT2D eigenvalue weighted by atomic mass is 16.5. The Morgan fingerprint density at radius 2 is 2.23 bits per heavy atom. The minimum Gasteiger partial charge on any atom is -0.497 e. The van der Waals surface area contributed by atoms with Crippen LogP contribution in [0.15, 0.2) is 18.2 Å². The maximum atomic E-state index is 11.6. The van der Waals surface area contributed by atoms with Gasteiger partial charge in [0.1, 0.15) is 5.75 Å². The highest BCUT2D eigenvalue weighted by Crippen LogP contribution is 2.29. The highest BCUT2D eigenvalue weighted by Gasteiger charge is 2.26. The number of rotatable bonds is 1. The standard InChI is InChI=1S/C11H12O2/c1-7-5-8-3-4-9(13-2)6-10(8)11(7)12/h3-4,6-7H,5H2,1-2H3/t7-/m1/s1. The molecule has 68 valence electrons. The maximum Gasteiger partial charge on any atom is 0.166 e. The number of ether oxygens (including phenoxy) is 1. The van der Waals surface area contributed by atoms with Crippen LogP contribution in [-0.2, 0) is 6.42 Å². The summed E-state index contributed by atoms with van der Waals surface area (Å²) in [6, 6.07) is 5.72. The van der Waals surface area contributed by atoms with Crippen LogP contribution in [0.3, 0.4) is 0 Å². The molecule has 0 bridgehead atoms. The van der Waals surface area contributed by atoms with Crippen molar-refractivity contribution in [3.8, 4) is 5.75 Å². The molecule has 0 aromatic heterocycles. The van der Waals surface area contributed by atoms with Crippen molar-refractivity contribution < 1.29 is 9.53 Å². The van der Waals surface area contributed by atoms with E-state index in [-0.39, 0.29) is 11.7 Å². The Labute approximate surface area is 77.5 Å². The van der Waals surface area contributed by atoms with Gasteiger partial charge in [-0.25, -0.2) is 0 Å². The Morgan fingerprint density at radius 3 is 2.92 bits per heavy atom. The molecule has 13 heavy (non-hydrogen) atoms. The zero-order chi connectivity index (χ0) is 9.42. The van der Waals surface area contributed by atoms with E-state index in [0.717, 1.165) is 23.3 Å². The predicted octanol–water partition coefficient (Wildman–Crippen LogP) is 2.07. The highest BCUT2D eigenvalue weighted by molar-refractivity contribution is 6.02. The molecule has 0 radical (unpaired) electrons. The van der Waals surface area contributed by atoms with Crippen LogP contribution in [0.25, 0.3) is 0 Å². The van der Waals surface area contributed by atoms with Gasteiger partial charge in [0, 0.05) is 11.5 Å². The molecule has 0 unspecified atom stereocenters. The zero-order valence-corrected chi connectivity index (χ0v) is 7.83. The summed E-state index contributed by atoms with van der Waals surface area (Å²) in [7, 11) is 1.62. The molecule has 0 saturated carbocycles. The second-order valence-corrected chi connectivity index (χ2v) is 3.49. The second-order valence-electron chi connectivity index (χ2n) is 3.49. The Balaban J connectivity index is 2.48. The fourth-order valence-electron chi connectivity index (χ4n) is 1.78. The molecule has 0 fully saturated rings. The third-order valence-electron chi connectivity index (χ3n) is 2.56. The van der Waals surface area contributed by atoms with E-state index in [2.05, 4.69) is 0 Å².